The fourth-order valence-corrected chi connectivity index (χ4v) is 2.31. The second-order valence-electron chi connectivity index (χ2n) is 5.03. The Bertz CT molecular complexity index is 310. The highest BCUT2D eigenvalue weighted by Crippen LogP contribution is 2.27. The summed E-state index contributed by atoms with van der Waals surface area (Å²) in [7, 11) is 1.78. The highest BCUT2D eigenvalue weighted by atomic mass is 16.2. The Morgan fingerprint density at radius 1 is 1.44 bits per heavy atom. The molecule has 0 aromatic heterocycles. The van der Waals surface area contributed by atoms with Crippen molar-refractivity contribution in [3.8, 4) is 0 Å². The molecule has 2 amide bonds. The number of carbonyl (C=O) groups excluding carboxylic acids is 2. The van der Waals surface area contributed by atoms with E-state index in [4.69, 9.17) is 0 Å². The van der Waals surface area contributed by atoms with E-state index < -0.39 is 0 Å². The molecule has 2 saturated heterocycles. The summed E-state index contributed by atoms with van der Waals surface area (Å²) >= 11 is 0. The van der Waals surface area contributed by atoms with Crippen molar-refractivity contribution in [3.63, 3.8) is 0 Å². The van der Waals surface area contributed by atoms with Gasteiger partial charge < -0.3 is 15.1 Å². The number of nitrogens with zero attached hydrogens (tertiary/aromatic N) is 2. The highest BCUT2D eigenvalue weighted by Gasteiger charge is 2.40. The number of hydrogen-bond donors (Lipinski definition) is 1. The number of carbonyl (C=O) groups is 2. The number of likely N-dealkylation sites (N-methyl/N-ethyl adjacent to an activating group) is 1. The Hall–Kier alpha value is -1.10. The van der Waals surface area contributed by atoms with Crippen LogP contribution in [0.1, 0.15) is 13.3 Å². The lowest BCUT2D eigenvalue weighted by atomic mass is 9.88. The van der Waals surface area contributed by atoms with Crippen LogP contribution >= 0.6 is 0 Å². The van der Waals surface area contributed by atoms with Crippen LogP contribution in [0.15, 0.2) is 0 Å². The summed E-state index contributed by atoms with van der Waals surface area (Å²) in [5.74, 6) is 0.160. The summed E-state index contributed by atoms with van der Waals surface area (Å²) in [5.41, 5.74) is -0.309. The first-order valence-electron chi connectivity index (χ1n) is 5.77. The van der Waals surface area contributed by atoms with Crippen LogP contribution in [0.4, 0.5) is 0 Å². The van der Waals surface area contributed by atoms with Gasteiger partial charge in [-0.1, -0.05) is 0 Å². The Kier molecular flexibility index (Phi) is 2.88. The number of rotatable bonds is 1. The van der Waals surface area contributed by atoms with Crippen LogP contribution < -0.4 is 5.32 Å². The summed E-state index contributed by atoms with van der Waals surface area (Å²) in [6, 6.07) is 0. The van der Waals surface area contributed by atoms with E-state index in [0.29, 0.717) is 13.1 Å². The summed E-state index contributed by atoms with van der Waals surface area (Å²) in [6.45, 7) is 5.16. The number of piperazine rings is 1. The first-order valence-corrected chi connectivity index (χ1v) is 5.77. The predicted octanol–water partition coefficient (Wildman–Crippen LogP) is -0.713. The van der Waals surface area contributed by atoms with E-state index in [0.717, 1.165) is 19.5 Å². The van der Waals surface area contributed by atoms with Gasteiger partial charge in [-0.25, -0.2) is 0 Å². The largest absolute Gasteiger partial charge is 0.342 e. The van der Waals surface area contributed by atoms with Gasteiger partial charge in [0, 0.05) is 26.7 Å². The first kappa shape index (κ1) is 11.4. The Morgan fingerprint density at radius 3 is 2.75 bits per heavy atom. The van der Waals surface area contributed by atoms with E-state index in [1.54, 1.807) is 16.8 Å². The average Bonchev–Trinajstić information content (AvgIpc) is 2.70. The zero-order valence-electron chi connectivity index (χ0n) is 9.95. The maximum Gasteiger partial charge on any atom is 0.241 e. The first-order chi connectivity index (χ1) is 7.53. The molecule has 2 fully saturated rings. The van der Waals surface area contributed by atoms with Gasteiger partial charge in [-0.15, -0.1) is 0 Å². The van der Waals surface area contributed by atoms with Crippen molar-refractivity contribution in [3.05, 3.63) is 0 Å². The Morgan fingerprint density at radius 2 is 2.19 bits per heavy atom. The van der Waals surface area contributed by atoms with Crippen LogP contribution in [0.3, 0.4) is 0 Å². The third kappa shape index (κ3) is 1.91. The Balaban J connectivity index is 2.02. The van der Waals surface area contributed by atoms with Crippen LogP contribution in [0.5, 0.6) is 0 Å². The molecule has 2 rings (SSSR count). The molecule has 2 aliphatic rings. The molecular formula is C11H19N3O2. The van der Waals surface area contributed by atoms with Gasteiger partial charge >= 0.3 is 0 Å². The molecule has 1 atom stereocenters. The number of amides is 2. The van der Waals surface area contributed by atoms with Crippen molar-refractivity contribution in [2.75, 3.05) is 39.8 Å². The molecule has 90 valence electrons. The lowest BCUT2D eigenvalue weighted by Crippen LogP contribution is -2.54. The number of hydrogen-bond acceptors (Lipinski definition) is 3. The van der Waals surface area contributed by atoms with Gasteiger partial charge in [-0.2, -0.15) is 0 Å². The molecule has 0 aromatic carbocycles. The van der Waals surface area contributed by atoms with Crippen molar-refractivity contribution in [1.29, 1.82) is 0 Å². The summed E-state index contributed by atoms with van der Waals surface area (Å²) < 4.78 is 0. The molecule has 5 nitrogen and oxygen atoms in total. The molecule has 0 aromatic rings. The van der Waals surface area contributed by atoms with E-state index in [1.807, 2.05) is 6.92 Å². The third-order valence-electron chi connectivity index (χ3n) is 3.63. The SMILES string of the molecule is CN1CCN(C(=O)C2(C)CCNC2)CC1=O. The second kappa shape index (κ2) is 4.05. The zero-order chi connectivity index (χ0) is 11.8. The van der Waals surface area contributed by atoms with Gasteiger partial charge in [-0.3, -0.25) is 9.59 Å². The van der Waals surface area contributed by atoms with Crippen LogP contribution in [0.2, 0.25) is 0 Å². The summed E-state index contributed by atoms with van der Waals surface area (Å²) in [6.07, 6.45) is 0.867. The molecule has 0 spiro atoms. The number of nitrogens with one attached hydrogen (secondary N) is 1. The predicted molar refractivity (Wildman–Crippen MR) is 59.8 cm³/mol. The van der Waals surface area contributed by atoms with Crippen molar-refractivity contribution in [1.82, 2.24) is 15.1 Å². The minimum Gasteiger partial charge on any atom is -0.342 e. The minimum absolute atomic E-state index is 0.0363. The third-order valence-corrected chi connectivity index (χ3v) is 3.63. The smallest absolute Gasteiger partial charge is 0.241 e. The zero-order valence-corrected chi connectivity index (χ0v) is 9.95. The highest BCUT2D eigenvalue weighted by molar-refractivity contribution is 5.89. The minimum atomic E-state index is -0.309. The molecule has 0 aliphatic carbocycles. The fraction of sp³-hybridized carbons (Fsp3) is 0.818. The van der Waals surface area contributed by atoms with Crippen molar-refractivity contribution in [2.24, 2.45) is 5.41 Å². The molecule has 0 saturated carbocycles. The maximum atomic E-state index is 12.3. The van der Waals surface area contributed by atoms with Gasteiger partial charge in [0.25, 0.3) is 0 Å². The van der Waals surface area contributed by atoms with Gasteiger partial charge in [-0.05, 0) is 19.9 Å². The van der Waals surface area contributed by atoms with Crippen molar-refractivity contribution >= 4 is 11.8 Å². The lowest BCUT2D eigenvalue weighted by molar-refractivity contribution is -0.149. The van der Waals surface area contributed by atoms with Gasteiger partial charge in [0.05, 0.1) is 12.0 Å². The van der Waals surface area contributed by atoms with Crippen molar-refractivity contribution in [2.45, 2.75) is 13.3 Å². The molecule has 1 unspecified atom stereocenters. The van der Waals surface area contributed by atoms with Crippen LogP contribution in [-0.2, 0) is 9.59 Å². The maximum absolute atomic E-state index is 12.3. The molecule has 2 heterocycles. The standard InChI is InChI=1S/C11H19N3O2/c1-11(3-4-12-8-11)10(16)14-6-5-13(2)9(15)7-14/h12H,3-8H2,1-2H3. The van der Waals surface area contributed by atoms with E-state index in [1.165, 1.54) is 0 Å². The lowest BCUT2D eigenvalue weighted by Gasteiger charge is -2.36. The van der Waals surface area contributed by atoms with E-state index in [9.17, 15) is 9.59 Å². The molecular weight excluding hydrogens is 206 g/mol. The molecule has 0 radical (unpaired) electrons. The molecule has 2 aliphatic heterocycles. The van der Waals surface area contributed by atoms with Gasteiger partial charge in [0.2, 0.25) is 11.8 Å². The van der Waals surface area contributed by atoms with E-state index >= 15 is 0 Å². The monoisotopic (exact) mass is 225 g/mol. The van der Waals surface area contributed by atoms with Crippen LogP contribution in [-0.4, -0.2) is 61.4 Å². The quantitative estimate of drug-likeness (QED) is 0.641. The van der Waals surface area contributed by atoms with E-state index in [-0.39, 0.29) is 23.8 Å². The molecule has 16 heavy (non-hydrogen) atoms. The average molecular weight is 225 g/mol. The van der Waals surface area contributed by atoms with E-state index in [2.05, 4.69) is 5.32 Å². The Labute approximate surface area is 95.8 Å². The van der Waals surface area contributed by atoms with Gasteiger partial charge in [0.15, 0.2) is 0 Å². The van der Waals surface area contributed by atoms with Crippen LogP contribution in [0, 0.1) is 5.41 Å². The molecule has 5 heteroatoms. The van der Waals surface area contributed by atoms with Crippen LogP contribution in [0.25, 0.3) is 0 Å². The molecule has 1 N–H and O–H groups in total. The second-order valence-corrected chi connectivity index (χ2v) is 5.03. The summed E-state index contributed by atoms with van der Waals surface area (Å²) in [5, 5.41) is 3.21. The summed E-state index contributed by atoms with van der Waals surface area (Å²) in [4.78, 5) is 27.2. The fourth-order valence-electron chi connectivity index (χ4n) is 2.31. The van der Waals surface area contributed by atoms with Crippen molar-refractivity contribution < 1.29 is 9.59 Å². The topological polar surface area (TPSA) is 52.6 Å². The van der Waals surface area contributed by atoms with Gasteiger partial charge in [0.1, 0.15) is 0 Å². The normalized spacial score (nSPS) is 31.0. The molecule has 0 bridgehead atoms.